The van der Waals surface area contributed by atoms with Crippen molar-refractivity contribution in [2.45, 2.75) is 11.3 Å². The van der Waals surface area contributed by atoms with Gasteiger partial charge in [0.2, 0.25) is 0 Å². The molecule has 0 aromatic heterocycles. The molecule has 8 heteroatoms. The van der Waals surface area contributed by atoms with Gasteiger partial charge in [-0.2, -0.15) is 0 Å². The number of carbonyl (C=O) groups is 3. The van der Waals surface area contributed by atoms with Gasteiger partial charge < -0.3 is 0 Å². The molecular formula is C18H14N2O5S. The third-order valence-corrected chi connectivity index (χ3v) is 6.37. The van der Waals surface area contributed by atoms with Crippen LogP contribution in [0.5, 0.6) is 0 Å². The van der Waals surface area contributed by atoms with E-state index in [0.717, 1.165) is 9.21 Å². The van der Waals surface area contributed by atoms with Crippen LogP contribution >= 0.6 is 0 Å². The molecule has 0 aliphatic carbocycles. The van der Waals surface area contributed by atoms with Crippen molar-refractivity contribution in [1.29, 1.82) is 0 Å². The molecule has 0 spiro atoms. The third-order valence-electron chi connectivity index (χ3n) is 4.53. The summed E-state index contributed by atoms with van der Waals surface area (Å²) in [5.41, 5.74) is 0.831. The van der Waals surface area contributed by atoms with E-state index in [-0.39, 0.29) is 30.0 Å². The summed E-state index contributed by atoms with van der Waals surface area (Å²) in [4.78, 5) is 38.0. The van der Waals surface area contributed by atoms with E-state index in [0.29, 0.717) is 11.1 Å². The number of hydrogen-bond acceptors (Lipinski definition) is 5. The van der Waals surface area contributed by atoms with Gasteiger partial charge in [0.15, 0.2) is 0 Å². The molecule has 0 N–H and O–H groups in total. The molecule has 2 heterocycles. The number of sulfonamides is 1. The fourth-order valence-corrected chi connectivity index (χ4v) is 4.87. The average molecular weight is 370 g/mol. The Balaban J connectivity index is 1.48. The lowest BCUT2D eigenvalue weighted by Crippen LogP contribution is -2.35. The fraction of sp³-hybridized carbons (Fsp3) is 0.167. The fourth-order valence-electron chi connectivity index (χ4n) is 3.27. The van der Waals surface area contributed by atoms with Crippen LogP contribution in [0.2, 0.25) is 0 Å². The Bertz CT molecular complexity index is 1030. The zero-order chi connectivity index (χ0) is 18.5. The van der Waals surface area contributed by atoms with Crippen LogP contribution in [-0.4, -0.2) is 48.4 Å². The summed E-state index contributed by atoms with van der Waals surface area (Å²) >= 11 is 0. The van der Waals surface area contributed by atoms with Crippen molar-refractivity contribution >= 4 is 27.7 Å². The first-order valence-corrected chi connectivity index (χ1v) is 9.48. The van der Waals surface area contributed by atoms with Crippen LogP contribution in [0.4, 0.5) is 0 Å². The van der Waals surface area contributed by atoms with Gasteiger partial charge in [0, 0.05) is 13.1 Å². The lowest BCUT2D eigenvalue weighted by atomic mass is 10.1. The van der Waals surface area contributed by atoms with Crippen LogP contribution < -0.4 is 0 Å². The second-order valence-electron chi connectivity index (χ2n) is 6.04. The van der Waals surface area contributed by atoms with Gasteiger partial charge in [0.25, 0.3) is 27.7 Å². The van der Waals surface area contributed by atoms with Crippen molar-refractivity contribution < 1.29 is 22.8 Å². The predicted octanol–water partition coefficient (Wildman–Crippen LogP) is 1.52. The maximum absolute atomic E-state index is 12.5. The monoisotopic (exact) mass is 370 g/mol. The minimum Gasteiger partial charge on any atom is -0.274 e. The van der Waals surface area contributed by atoms with E-state index in [9.17, 15) is 22.8 Å². The molecule has 0 bridgehead atoms. The summed E-state index contributed by atoms with van der Waals surface area (Å²) in [6.45, 7) is -0.0504. The maximum Gasteiger partial charge on any atom is 0.269 e. The van der Waals surface area contributed by atoms with Crippen molar-refractivity contribution in [2.24, 2.45) is 0 Å². The van der Waals surface area contributed by atoms with Crippen molar-refractivity contribution in [2.75, 3.05) is 13.1 Å². The molecule has 0 atom stereocenters. The van der Waals surface area contributed by atoms with Crippen LogP contribution in [0.15, 0.2) is 53.4 Å². The summed E-state index contributed by atoms with van der Waals surface area (Å²) in [5, 5.41) is 0. The molecule has 2 aromatic carbocycles. The minimum absolute atomic E-state index is 0.00858. The molecule has 26 heavy (non-hydrogen) atoms. The first-order chi connectivity index (χ1) is 12.4. The van der Waals surface area contributed by atoms with Crippen molar-refractivity contribution in [3.8, 4) is 0 Å². The van der Waals surface area contributed by atoms with E-state index in [1.165, 1.54) is 12.1 Å². The molecule has 2 aliphatic heterocycles. The first kappa shape index (κ1) is 16.5. The molecule has 0 radical (unpaired) electrons. The molecule has 4 rings (SSSR count). The Morgan fingerprint density at radius 2 is 1.23 bits per heavy atom. The quantitative estimate of drug-likeness (QED) is 0.761. The SMILES string of the molecule is O=C1c2ccccc2C(=O)N1CCCN1C(=O)c2ccccc2S1(=O)=O. The third kappa shape index (κ3) is 2.26. The average Bonchev–Trinajstić information content (AvgIpc) is 3.00. The Kier molecular flexibility index (Phi) is 3.66. The molecule has 0 saturated carbocycles. The summed E-state index contributed by atoms with van der Waals surface area (Å²) in [6, 6.07) is 12.6. The van der Waals surface area contributed by atoms with Crippen molar-refractivity contribution in [3.05, 3.63) is 65.2 Å². The highest BCUT2D eigenvalue weighted by Gasteiger charge is 2.41. The molecule has 132 valence electrons. The van der Waals surface area contributed by atoms with Gasteiger partial charge in [0.05, 0.1) is 16.7 Å². The van der Waals surface area contributed by atoms with E-state index in [1.54, 1.807) is 36.4 Å². The molecule has 2 aliphatic rings. The van der Waals surface area contributed by atoms with E-state index in [2.05, 4.69) is 0 Å². The predicted molar refractivity (Wildman–Crippen MR) is 91.1 cm³/mol. The van der Waals surface area contributed by atoms with Crippen LogP contribution in [0.25, 0.3) is 0 Å². The molecule has 0 fully saturated rings. The van der Waals surface area contributed by atoms with Gasteiger partial charge in [-0.3, -0.25) is 19.3 Å². The standard InChI is InChI=1S/C18H14N2O5S/c21-16-12-6-1-2-7-13(12)17(22)19(16)10-5-11-20-18(23)14-8-3-4-9-15(14)26(20,24)25/h1-4,6-9H,5,10-11H2. The number of fused-ring (bicyclic) bond motifs is 2. The van der Waals surface area contributed by atoms with E-state index < -0.39 is 27.7 Å². The Morgan fingerprint density at radius 3 is 1.81 bits per heavy atom. The molecule has 0 saturated heterocycles. The summed E-state index contributed by atoms with van der Waals surface area (Å²) < 4.78 is 25.8. The highest BCUT2D eigenvalue weighted by molar-refractivity contribution is 7.90. The van der Waals surface area contributed by atoms with Gasteiger partial charge in [0.1, 0.15) is 4.90 Å². The van der Waals surface area contributed by atoms with Gasteiger partial charge in [-0.15, -0.1) is 0 Å². The summed E-state index contributed by atoms with van der Waals surface area (Å²) in [5.74, 6) is -1.38. The highest BCUT2D eigenvalue weighted by Crippen LogP contribution is 2.30. The van der Waals surface area contributed by atoms with Crippen LogP contribution in [-0.2, 0) is 10.0 Å². The number of nitrogens with zero attached hydrogens (tertiary/aromatic N) is 2. The second kappa shape index (κ2) is 5.77. The lowest BCUT2D eigenvalue weighted by Gasteiger charge is -2.18. The van der Waals surface area contributed by atoms with Gasteiger partial charge in [-0.05, 0) is 30.7 Å². The maximum atomic E-state index is 12.5. The lowest BCUT2D eigenvalue weighted by molar-refractivity contribution is 0.0651. The Labute approximate surface area is 149 Å². The molecule has 7 nitrogen and oxygen atoms in total. The van der Waals surface area contributed by atoms with Crippen LogP contribution in [0, 0.1) is 0 Å². The molecular weight excluding hydrogens is 356 g/mol. The summed E-state index contributed by atoms with van der Waals surface area (Å²) in [6.07, 6.45) is 0.171. The largest absolute Gasteiger partial charge is 0.274 e. The number of benzene rings is 2. The highest BCUT2D eigenvalue weighted by atomic mass is 32.2. The first-order valence-electron chi connectivity index (χ1n) is 8.04. The Hall–Kier alpha value is -3.00. The molecule has 3 amide bonds. The number of imide groups is 1. The number of carbonyl (C=O) groups excluding carboxylic acids is 3. The van der Waals surface area contributed by atoms with E-state index >= 15 is 0 Å². The van der Waals surface area contributed by atoms with Crippen LogP contribution in [0.1, 0.15) is 37.5 Å². The normalized spacial score (nSPS) is 17.6. The van der Waals surface area contributed by atoms with E-state index in [1.807, 2.05) is 0 Å². The topological polar surface area (TPSA) is 91.8 Å². The van der Waals surface area contributed by atoms with Crippen molar-refractivity contribution in [3.63, 3.8) is 0 Å². The molecule has 2 aromatic rings. The number of amides is 3. The second-order valence-corrected chi connectivity index (χ2v) is 7.87. The number of rotatable bonds is 4. The van der Waals surface area contributed by atoms with Crippen molar-refractivity contribution in [1.82, 2.24) is 9.21 Å². The van der Waals surface area contributed by atoms with Gasteiger partial charge in [-0.1, -0.05) is 24.3 Å². The minimum atomic E-state index is -3.88. The summed E-state index contributed by atoms with van der Waals surface area (Å²) in [7, 11) is -3.88. The van der Waals surface area contributed by atoms with Crippen LogP contribution in [0.3, 0.4) is 0 Å². The molecule has 0 unspecified atom stereocenters. The number of hydrogen-bond donors (Lipinski definition) is 0. The van der Waals surface area contributed by atoms with Gasteiger partial charge >= 0.3 is 0 Å². The Morgan fingerprint density at radius 1 is 0.692 bits per heavy atom. The zero-order valence-electron chi connectivity index (χ0n) is 13.6. The van der Waals surface area contributed by atoms with Gasteiger partial charge in [-0.25, -0.2) is 12.7 Å². The smallest absolute Gasteiger partial charge is 0.269 e. The van der Waals surface area contributed by atoms with E-state index in [4.69, 9.17) is 0 Å². The zero-order valence-corrected chi connectivity index (χ0v) is 14.4.